The van der Waals surface area contributed by atoms with Crippen LogP contribution in [0.1, 0.15) is 18.4 Å². The van der Waals surface area contributed by atoms with Gasteiger partial charge in [-0.3, -0.25) is 19.8 Å². The first-order chi connectivity index (χ1) is 13.5. The number of carbonyl (C=O) groups is 2. The van der Waals surface area contributed by atoms with Crippen LogP contribution in [0.3, 0.4) is 0 Å². The molecule has 2 aliphatic rings. The number of anilines is 2. The minimum absolute atomic E-state index is 0.0393. The van der Waals surface area contributed by atoms with Crippen LogP contribution in [0, 0.1) is 0 Å². The van der Waals surface area contributed by atoms with Gasteiger partial charge < -0.3 is 4.90 Å². The van der Waals surface area contributed by atoms with E-state index in [1.165, 1.54) is 17.7 Å². The normalized spacial score (nSPS) is 18.8. The third kappa shape index (κ3) is 3.66. The summed E-state index contributed by atoms with van der Waals surface area (Å²) in [5.74, 6) is -0.955. The summed E-state index contributed by atoms with van der Waals surface area (Å²) in [6, 6.07) is 14.6. The Bertz CT molecular complexity index is 964. The van der Waals surface area contributed by atoms with Gasteiger partial charge in [0.25, 0.3) is 11.8 Å². The zero-order chi connectivity index (χ0) is 19.7. The molecule has 2 heterocycles. The van der Waals surface area contributed by atoms with Gasteiger partial charge in [-0.2, -0.15) is 0 Å². The molecule has 2 fully saturated rings. The molecule has 2 aliphatic heterocycles. The van der Waals surface area contributed by atoms with Gasteiger partial charge >= 0.3 is 0 Å². The van der Waals surface area contributed by atoms with Gasteiger partial charge in [0, 0.05) is 23.8 Å². The minimum Gasteiger partial charge on any atom is -0.372 e. The van der Waals surface area contributed by atoms with E-state index >= 15 is 0 Å². The van der Waals surface area contributed by atoms with E-state index in [1.54, 1.807) is 30.3 Å². The molecular formula is C21H18ClN3O2S. The zero-order valence-electron chi connectivity index (χ0n) is 15.0. The average Bonchev–Trinajstić information content (AvgIpc) is 3.22. The minimum atomic E-state index is -0.496. The van der Waals surface area contributed by atoms with Crippen LogP contribution in [0.15, 0.2) is 54.1 Å². The van der Waals surface area contributed by atoms with E-state index in [0.29, 0.717) is 10.7 Å². The quantitative estimate of drug-likeness (QED) is 0.474. The van der Waals surface area contributed by atoms with E-state index < -0.39 is 11.8 Å². The van der Waals surface area contributed by atoms with Crippen LogP contribution in [0.5, 0.6) is 0 Å². The van der Waals surface area contributed by atoms with E-state index in [0.717, 1.165) is 24.3 Å². The Morgan fingerprint density at radius 2 is 1.54 bits per heavy atom. The predicted octanol–water partition coefficient (Wildman–Crippen LogP) is 3.77. The van der Waals surface area contributed by atoms with Gasteiger partial charge in [-0.25, -0.2) is 0 Å². The molecule has 0 aromatic heterocycles. The predicted molar refractivity (Wildman–Crippen MR) is 116 cm³/mol. The molecular weight excluding hydrogens is 394 g/mol. The third-order valence-corrected chi connectivity index (χ3v) is 5.40. The van der Waals surface area contributed by atoms with Crippen molar-refractivity contribution < 1.29 is 9.59 Å². The Morgan fingerprint density at radius 3 is 2.18 bits per heavy atom. The molecule has 2 aromatic carbocycles. The van der Waals surface area contributed by atoms with E-state index in [1.807, 2.05) is 24.3 Å². The maximum absolute atomic E-state index is 13.0. The number of hydrogen-bond donors (Lipinski definition) is 1. The number of nitrogens with zero attached hydrogens (tertiary/aromatic N) is 2. The molecule has 0 atom stereocenters. The van der Waals surface area contributed by atoms with Crippen LogP contribution < -0.4 is 15.1 Å². The van der Waals surface area contributed by atoms with Gasteiger partial charge in [0.1, 0.15) is 5.57 Å². The lowest BCUT2D eigenvalue weighted by molar-refractivity contribution is -0.122. The first-order valence-corrected chi connectivity index (χ1v) is 9.83. The average molecular weight is 412 g/mol. The second kappa shape index (κ2) is 7.73. The summed E-state index contributed by atoms with van der Waals surface area (Å²) < 4.78 is 0. The highest BCUT2D eigenvalue weighted by Gasteiger charge is 2.34. The van der Waals surface area contributed by atoms with E-state index in [4.69, 9.17) is 23.8 Å². The standard InChI is InChI=1S/C21H18ClN3O2S/c22-15-5-9-17(10-6-15)25-20(27)18(19(26)23-21(25)28)13-14-3-7-16(8-4-14)24-11-1-2-12-24/h3-10,13H,1-2,11-12H2,(H,23,26,28). The molecule has 0 bridgehead atoms. The summed E-state index contributed by atoms with van der Waals surface area (Å²) in [6.07, 6.45) is 4.01. The maximum Gasteiger partial charge on any atom is 0.270 e. The molecule has 0 spiro atoms. The van der Waals surface area contributed by atoms with Gasteiger partial charge in [0.2, 0.25) is 0 Å². The highest BCUT2D eigenvalue weighted by atomic mass is 35.5. The second-order valence-electron chi connectivity index (χ2n) is 6.72. The topological polar surface area (TPSA) is 52.7 Å². The Balaban J connectivity index is 1.62. The number of benzene rings is 2. The van der Waals surface area contributed by atoms with Gasteiger partial charge in [-0.15, -0.1) is 0 Å². The number of hydrogen-bond acceptors (Lipinski definition) is 4. The third-order valence-electron chi connectivity index (χ3n) is 4.86. The van der Waals surface area contributed by atoms with Crippen molar-refractivity contribution in [1.82, 2.24) is 5.32 Å². The Hall–Kier alpha value is -2.70. The zero-order valence-corrected chi connectivity index (χ0v) is 16.6. The van der Waals surface area contributed by atoms with Crippen molar-refractivity contribution in [3.05, 3.63) is 64.7 Å². The van der Waals surface area contributed by atoms with Crippen molar-refractivity contribution in [1.29, 1.82) is 0 Å². The summed E-state index contributed by atoms with van der Waals surface area (Å²) in [5.41, 5.74) is 2.53. The van der Waals surface area contributed by atoms with Crippen molar-refractivity contribution in [2.45, 2.75) is 12.8 Å². The lowest BCUT2D eigenvalue weighted by atomic mass is 10.1. The van der Waals surface area contributed by atoms with Crippen LogP contribution in [0.25, 0.3) is 6.08 Å². The summed E-state index contributed by atoms with van der Waals surface area (Å²) in [4.78, 5) is 29.0. The number of amides is 2. The lowest BCUT2D eigenvalue weighted by Gasteiger charge is -2.29. The fourth-order valence-corrected chi connectivity index (χ4v) is 3.81. The molecule has 4 rings (SSSR count). The number of halogens is 1. The first kappa shape index (κ1) is 18.7. The summed E-state index contributed by atoms with van der Waals surface area (Å²) in [7, 11) is 0. The van der Waals surface area contributed by atoms with E-state index in [-0.39, 0.29) is 10.7 Å². The molecule has 2 aromatic rings. The molecule has 2 saturated heterocycles. The van der Waals surface area contributed by atoms with Gasteiger partial charge in [0.15, 0.2) is 5.11 Å². The Labute approximate surface area is 173 Å². The molecule has 1 N–H and O–H groups in total. The van der Waals surface area contributed by atoms with Crippen molar-refractivity contribution in [3.63, 3.8) is 0 Å². The van der Waals surface area contributed by atoms with E-state index in [9.17, 15) is 9.59 Å². The Kier molecular flexibility index (Phi) is 5.15. The van der Waals surface area contributed by atoms with Gasteiger partial charge in [-0.1, -0.05) is 23.7 Å². The summed E-state index contributed by atoms with van der Waals surface area (Å²) in [5, 5.41) is 3.19. The van der Waals surface area contributed by atoms with Crippen molar-refractivity contribution >= 4 is 58.2 Å². The highest BCUT2D eigenvalue weighted by molar-refractivity contribution is 7.80. The molecule has 5 nitrogen and oxygen atoms in total. The van der Waals surface area contributed by atoms with Gasteiger partial charge in [-0.05, 0) is 73.1 Å². The molecule has 0 radical (unpaired) electrons. The van der Waals surface area contributed by atoms with Crippen LogP contribution in [-0.2, 0) is 9.59 Å². The lowest BCUT2D eigenvalue weighted by Crippen LogP contribution is -2.54. The molecule has 28 heavy (non-hydrogen) atoms. The SMILES string of the molecule is O=C1NC(=S)N(c2ccc(Cl)cc2)C(=O)C1=Cc1ccc(N2CCCC2)cc1. The monoisotopic (exact) mass is 411 g/mol. The molecule has 0 aliphatic carbocycles. The summed E-state index contributed by atoms with van der Waals surface area (Å²) >= 11 is 11.1. The molecule has 7 heteroatoms. The molecule has 0 unspecified atom stereocenters. The van der Waals surface area contributed by atoms with Crippen LogP contribution in [-0.4, -0.2) is 30.0 Å². The fourth-order valence-electron chi connectivity index (χ4n) is 3.41. The van der Waals surface area contributed by atoms with Crippen LogP contribution in [0.2, 0.25) is 5.02 Å². The second-order valence-corrected chi connectivity index (χ2v) is 7.54. The smallest absolute Gasteiger partial charge is 0.270 e. The molecule has 2 amide bonds. The fraction of sp³-hybridized carbons (Fsp3) is 0.190. The number of thiocarbonyl (C=S) groups is 1. The van der Waals surface area contributed by atoms with Gasteiger partial charge in [0.05, 0.1) is 5.69 Å². The van der Waals surface area contributed by atoms with Crippen LogP contribution in [0.4, 0.5) is 11.4 Å². The maximum atomic E-state index is 13.0. The van der Waals surface area contributed by atoms with Crippen molar-refractivity contribution in [3.8, 4) is 0 Å². The molecule has 142 valence electrons. The Morgan fingerprint density at radius 1 is 0.929 bits per heavy atom. The molecule has 0 saturated carbocycles. The largest absolute Gasteiger partial charge is 0.372 e. The summed E-state index contributed by atoms with van der Waals surface area (Å²) in [6.45, 7) is 2.13. The first-order valence-electron chi connectivity index (χ1n) is 9.05. The number of carbonyl (C=O) groups excluding carboxylic acids is 2. The highest BCUT2D eigenvalue weighted by Crippen LogP contribution is 2.25. The number of rotatable bonds is 3. The van der Waals surface area contributed by atoms with Crippen LogP contribution >= 0.6 is 23.8 Å². The number of nitrogens with one attached hydrogen (secondary N) is 1. The van der Waals surface area contributed by atoms with E-state index in [2.05, 4.69) is 10.2 Å². The van der Waals surface area contributed by atoms with Crippen molar-refractivity contribution in [2.75, 3.05) is 22.9 Å². The van der Waals surface area contributed by atoms with Crippen molar-refractivity contribution in [2.24, 2.45) is 0 Å².